The molecule has 0 aliphatic heterocycles. The van der Waals surface area contributed by atoms with Gasteiger partial charge in [0.1, 0.15) is 0 Å². The number of halogens is 1. The Labute approximate surface area is 125 Å². The minimum atomic E-state index is -3.43. The maximum Gasteiger partial charge on any atom is 0.236 e. The van der Waals surface area contributed by atoms with E-state index in [1.54, 1.807) is 24.3 Å². The van der Waals surface area contributed by atoms with Gasteiger partial charge < -0.3 is 4.90 Å². The molecular weight excluding hydrogens is 354 g/mol. The Morgan fingerprint density at radius 2 is 1.78 bits per heavy atom. The normalized spacial score (nSPS) is 11.3. The van der Waals surface area contributed by atoms with Gasteiger partial charge in [-0.2, -0.15) is 0 Å². The summed E-state index contributed by atoms with van der Waals surface area (Å²) >= 11 is 8.42. The summed E-state index contributed by atoms with van der Waals surface area (Å²) in [6.07, 6.45) is 0. The van der Waals surface area contributed by atoms with E-state index >= 15 is 0 Å². The van der Waals surface area contributed by atoms with Gasteiger partial charge in [-0.25, -0.2) is 8.42 Å². The minimum Gasteiger partial charge on any atom is -0.357 e. The van der Waals surface area contributed by atoms with Crippen LogP contribution in [-0.2, 0) is 8.87 Å². The number of nitrogens with zero attached hydrogens (tertiary/aromatic N) is 1. The van der Waals surface area contributed by atoms with E-state index in [4.69, 9.17) is 12.2 Å². The quantitative estimate of drug-likeness (QED) is 0.601. The molecule has 0 saturated heterocycles. The van der Waals surface area contributed by atoms with Crippen LogP contribution in [0.1, 0.15) is 13.8 Å². The molecule has 1 aromatic rings. The molecule has 0 heterocycles. The summed E-state index contributed by atoms with van der Waals surface area (Å²) in [6, 6.07) is 6.54. The van der Waals surface area contributed by atoms with Crippen LogP contribution in [0, 0.1) is 0 Å². The summed E-state index contributed by atoms with van der Waals surface area (Å²) in [5.41, 5.74) is 0. The van der Waals surface area contributed by atoms with Gasteiger partial charge in [-0.05, 0) is 38.1 Å². The summed E-state index contributed by atoms with van der Waals surface area (Å²) in [6.45, 7) is 5.31. The molecule has 0 N–H and O–H groups in total. The largest absolute Gasteiger partial charge is 0.357 e. The van der Waals surface area contributed by atoms with Gasteiger partial charge in [-0.1, -0.05) is 28.1 Å². The number of rotatable bonds is 4. The van der Waals surface area contributed by atoms with Gasteiger partial charge in [0.25, 0.3) is 0 Å². The predicted octanol–water partition coefficient (Wildman–Crippen LogP) is 3.50. The Hall–Kier alpha value is -0.110. The van der Waals surface area contributed by atoms with Crippen molar-refractivity contribution in [2.24, 2.45) is 0 Å². The fourth-order valence-corrected chi connectivity index (χ4v) is 5.22. The molecule has 0 bridgehead atoms. The summed E-state index contributed by atoms with van der Waals surface area (Å²) < 4.78 is 25.5. The number of hydrogen-bond acceptors (Lipinski definition) is 4. The molecular formula is C11H14BrNO2S3. The Bertz CT molecular complexity index is 510. The van der Waals surface area contributed by atoms with E-state index in [1.807, 2.05) is 18.7 Å². The molecule has 18 heavy (non-hydrogen) atoms. The minimum absolute atomic E-state index is 0.269. The Balaban J connectivity index is 2.89. The van der Waals surface area contributed by atoms with Crippen molar-refractivity contribution in [3.05, 3.63) is 28.7 Å². The van der Waals surface area contributed by atoms with Gasteiger partial charge >= 0.3 is 0 Å². The second kappa shape index (κ2) is 6.88. The Morgan fingerprint density at radius 1 is 1.28 bits per heavy atom. The number of hydrogen-bond donors (Lipinski definition) is 0. The highest BCUT2D eigenvalue weighted by molar-refractivity contribution is 9.10. The van der Waals surface area contributed by atoms with Crippen molar-refractivity contribution in [2.75, 3.05) is 13.1 Å². The molecule has 0 aliphatic carbocycles. The average Bonchev–Trinajstić information content (AvgIpc) is 2.30. The zero-order valence-corrected chi connectivity index (χ0v) is 14.1. The third kappa shape index (κ3) is 4.22. The van der Waals surface area contributed by atoms with Crippen LogP contribution in [0.3, 0.4) is 0 Å². The first-order valence-corrected chi connectivity index (χ1v) is 9.41. The molecule has 0 atom stereocenters. The van der Waals surface area contributed by atoms with Gasteiger partial charge in [-0.15, -0.1) is 0 Å². The van der Waals surface area contributed by atoms with Crippen molar-refractivity contribution in [3.63, 3.8) is 0 Å². The molecule has 0 aromatic heterocycles. The fraction of sp³-hybridized carbons (Fsp3) is 0.364. The van der Waals surface area contributed by atoms with Gasteiger partial charge in [0.2, 0.25) is 8.87 Å². The third-order valence-corrected chi connectivity index (χ3v) is 6.84. The van der Waals surface area contributed by atoms with Crippen LogP contribution in [0.2, 0.25) is 0 Å². The number of benzene rings is 1. The molecule has 0 amide bonds. The molecule has 100 valence electrons. The smallest absolute Gasteiger partial charge is 0.236 e. The van der Waals surface area contributed by atoms with E-state index in [1.165, 1.54) is 0 Å². The Kier molecular flexibility index (Phi) is 6.10. The van der Waals surface area contributed by atoms with Crippen molar-refractivity contribution in [1.82, 2.24) is 4.90 Å². The Morgan fingerprint density at radius 3 is 2.22 bits per heavy atom. The lowest BCUT2D eigenvalue weighted by Gasteiger charge is -2.20. The fourth-order valence-electron chi connectivity index (χ4n) is 1.28. The van der Waals surface area contributed by atoms with Crippen LogP contribution in [0.5, 0.6) is 0 Å². The highest BCUT2D eigenvalue weighted by atomic mass is 79.9. The SMILES string of the molecule is CCN(CC)C(=S)SS(=O)(=O)c1ccc(Br)cc1. The lowest BCUT2D eigenvalue weighted by atomic mass is 10.4. The monoisotopic (exact) mass is 367 g/mol. The first kappa shape index (κ1) is 15.9. The van der Waals surface area contributed by atoms with Crippen LogP contribution >= 0.6 is 38.9 Å². The second-order valence-electron chi connectivity index (χ2n) is 3.43. The van der Waals surface area contributed by atoms with Crippen LogP contribution in [0.4, 0.5) is 0 Å². The standard InChI is InChI=1S/C11H14BrNO2S3/c1-3-13(4-2)11(16)17-18(14,15)10-7-5-9(12)6-8-10/h5-8H,3-4H2,1-2H3. The van der Waals surface area contributed by atoms with Crippen LogP contribution in [0.25, 0.3) is 0 Å². The van der Waals surface area contributed by atoms with E-state index in [0.29, 0.717) is 17.4 Å². The molecule has 0 saturated carbocycles. The summed E-state index contributed by atoms with van der Waals surface area (Å²) in [4.78, 5) is 2.11. The van der Waals surface area contributed by atoms with E-state index in [2.05, 4.69) is 15.9 Å². The summed E-state index contributed by atoms with van der Waals surface area (Å²) in [7, 11) is -2.70. The first-order valence-electron chi connectivity index (χ1n) is 5.39. The summed E-state index contributed by atoms with van der Waals surface area (Å²) in [5, 5.41) is 0. The molecule has 0 fully saturated rings. The van der Waals surface area contributed by atoms with E-state index in [0.717, 1.165) is 15.3 Å². The average molecular weight is 368 g/mol. The second-order valence-corrected chi connectivity index (χ2v) is 8.74. The zero-order valence-electron chi connectivity index (χ0n) is 10.1. The van der Waals surface area contributed by atoms with Crippen LogP contribution in [-0.4, -0.2) is 30.7 Å². The maximum atomic E-state index is 12.1. The van der Waals surface area contributed by atoms with Crippen molar-refractivity contribution in [2.45, 2.75) is 18.7 Å². The number of thiocarbonyl (C=S) groups is 1. The molecule has 3 nitrogen and oxygen atoms in total. The molecule has 0 spiro atoms. The van der Waals surface area contributed by atoms with Crippen LogP contribution < -0.4 is 0 Å². The molecule has 7 heteroatoms. The molecule has 1 rings (SSSR count). The molecule has 1 aromatic carbocycles. The van der Waals surface area contributed by atoms with Crippen molar-refractivity contribution >= 4 is 52.1 Å². The van der Waals surface area contributed by atoms with E-state index in [-0.39, 0.29) is 4.90 Å². The van der Waals surface area contributed by atoms with Gasteiger partial charge in [0.05, 0.1) is 4.90 Å². The van der Waals surface area contributed by atoms with Crippen molar-refractivity contribution in [1.29, 1.82) is 0 Å². The van der Waals surface area contributed by atoms with E-state index in [9.17, 15) is 8.42 Å². The maximum absolute atomic E-state index is 12.1. The predicted molar refractivity (Wildman–Crippen MR) is 84.4 cm³/mol. The highest BCUT2D eigenvalue weighted by Crippen LogP contribution is 2.27. The van der Waals surface area contributed by atoms with Crippen molar-refractivity contribution in [3.8, 4) is 0 Å². The van der Waals surface area contributed by atoms with Crippen LogP contribution in [0.15, 0.2) is 33.6 Å². The highest BCUT2D eigenvalue weighted by Gasteiger charge is 2.20. The topological polar surface area (TPSA) is 37.4 Å². The van der Waals surface area contributed by atoms with Crippen molar-refractivity contribution < 1.29 is 8.42 Å². The lowest BCUT2D eigenvalue weighted by Crippen LogP contribution is -2.27. The molecule has 0 radical (unpaired) electrons. The lowest BCUT2D eigenvalue weighted by molar-refractivity contribution is 0.482. The third-order valence-electron chi connectivity index (χ3n) is 2.30. The molecule has 0 unspecified atom stereocenters. The van der Waals surface area contributed by atoms with Gasteiger partial charge in [-0.3, -0.25) is 0 Å². The molecule has 0 aliphatic rings. The zero-order chi connectivity index (χ0) is 13.8. The summed E-state index contributed by atoms with van der Waals surface area (Å²) in [5.74, 6) is 0. The van der Waals surface area contributed by atoms with Gasteiger partial charge in [0, 0.05) is 28.4 Å². The van der Waals surface area contributed by atoms with Gasteiger partial charge in [0.15, 0.2) is 4.32 Å². The van der Waals surface area contributed by atoms with E-state index < -0.39 is 8.87 Å². The first-order chi connectivity index (χ1) is 8.40.